The van der Waals surface area contributed by atoms with Crippen LogP contribution in [0.2, 0.25) is 0 Å². The number of aromatic nitrogens is 1. The van der Waals surface area contributed by atoms with Gasteiger partial charge in [0.15, 0.2) is 5.96 Å². The third-order valence-electron chi connectivity index (χ3n) is 4.32. The van der Waals surface area contributed by atoms with E-state index in [1.807, 2.05) is 27.0 Å². The molecule has 168 valence electrons. The predicted octanol–water partition coefficient (Wildman–Crippen LogP) is 1.95. The van der Waals surface area contributed by atoms with Crippen LogP contribution in [0.5, 0.6) is 0 Å². The van der Waals surface area contributed by atoms with Gasteiger partial charge >= 0.3 is 0 Å². The molecule has 0 spiro atoms. The summed E-state index contributed by atoms with van der Waals surface area (Å²) in [5, 5.41) is 4.41. The zero-order chi connectivity index (χ0) is 20.6. The van der Waals surface area contributed by atoms with E-state index in [2.05, 4.69) is 22.1 Å². The van der Waals surface area contributed by atoms with E-state index in [9.17, 15) is 8.42 Å². The molecule has 0 aliphatic carbocycles. The van der Waals surface area contributed by atoms with Crippen LogP contribution in [0.25, 0.3) is 0 Å². The maximum Gasteiger partial charge on any atom is 0.216 e. The molecule has 1 aliphatic rings. The molecular weight excluding hydrogens is 525 g/mol. The second-order valence-electron chi connectivity index (χ2n) is 6.97. The summed E-state index contributed by atoms with van der Waals surface area (Å²) < 4.78 is 31.9. The first-order chi connectivity index (χ1) is 13.3. The lowest BCUT2D eigenvalue weighted by Gasteiger charge is -2.35. The van der Waals surface area contributed by atoms with Gasteiger partial charge in [0.25, 0.3) is 0 Å². The van der Waals surface area contributed by atoms with E-state index in [1.165, 1.54) is 4.88 Å². The zero-order valence-electron chi connectivity index (χ0n) is 17.8. The number of nitrogens with one attached hydrogen (secondary N) is 1. The van der Waals surface area contributed by atoms with E-state index >= 15 is 0 Å². The Morgan fingerprint density at radius 3 is 2.59 bits per heavy atom. The molecule has 0 atom stereocenters. The fourth-order valence-corrected chi connectivity index (χ4v) is 4.96. The second-order valence-corrected chi connectivity index (χ2v) is 10.4. The minimum Gasteiger partial charge on any atom is -0.378 e. The molecule has 0 amide bonds. The third kappa shape index (κ3) is 9.03. The van der Waals surface area contributed by atoms with Gasteiger partial charge in [-0.2, -0.15) is 4.31 Å². The number of sulfonamides is 1. The summed E-state index contributed by atoms with van der Waals surface area (Å²) in [6.07, 6.45) is 2.75. The fourth-order valence-electron chi connectivity index (χ4n) is 2.90. The van der Waals surface area contributed by atoms with Gasteiger partial charge in [0.2, 0.25) is 10.0 Å². The van der Waals surface area contributed by atoms with E-state index in [0.29, 0.717) is 32.7 Å². The Labute approximate surface area is 196 Å². The molecule has 29 heavy (non-hydrogen) atoms. The van der Waals surface area contributed by atoms with Crippen LogP contribution in [-0.2, 0) is 21.2 Å². The Morgan fingerprint density at radius 1 is 1.34 bits per heavy atom. The SMILES string of the molecule is CCNC(=NCCc1ncc(C)s1)N1CCN(S(=O)(=O)CCOC(C)C)CC1.I. The minimum absolute atomic E-state index is 0. The summed E-state index contributed by atoms with van der Waals surface area (Å²) in [6.45, 7) is 11.8. The number of ether oxygens (including phenoxy) is 1. The Balaban J connectivity index is 0.00000420. The van der Waals surface area contributed by atoms with Crippen molar-refractivity contribution in [1.29, 1.82) is 0 Å². The normalized spacial score (nSPS) is 16.2. The molecule has 0 radical (unpaired) electrons. The van der Waals surface area contributed by atoms with Gasteiger partial charge in [0.05, 0.1) is 23.5 Å². The van der Waals surface area contributed by atoms with E-state index in [1.54, 1.807) is 15.6 Å². The van der Waals surface area contributed by atoms with Crippen molar-refractivity contribution in [2.75, 3.05) is 51.6 Å². The molecule has 0 saturated carbocycles. The van der Waals surface area contributed by atoms with E-state index < -0.39 is 10.0 Å². The summed E-state index contributed by atoms with van der Waals surface area (Å²) in [5.74, 6) is 0.878. The average Bonchev–Trinajstić information content (AvgIpc) is 3.06. The van der Waals surface area contributed by atoms with E-state index in [4.69, 9.17) is 9.73 Å². The molecule has 0 aromatic carbocycles. The highest BCUT2D eigenvalue weighted by molar-refractivity contribution is 14.0. The number of piperazine rings is 1. The number of nitrogens with zero attached hydrogens (tertiary/aromatic N) is 4. The molecule has 0 unspecified atom stereocenters. The van der Waals surface area contributed by atoms with Crippen molar-refractivity contribution in [3.8, 4) is 0 Å². The van der Waals surface area contributed by atoms with Gasteiger partial charge in [-0.25, -0.2) is 13.4 Å². The number of rotatable bonds is 9. The highest BCUT2D eigenvalue weighted by atomic mass is 127. The molecule has 2 rings (SSSR count). The minimum atomic E-state index is -3.28. The van der Waals surface area contributed by atoms with Crippen molar-refractivity contribution < 1.29 is 13.2 Å². The summed E-state index contributed by atoms with van der Waals surface area (Å²) in [4.78, 5) is 12.4. The lowest BCUT2D eigenvalue weighted by molar-refractivity contribution is 0.0904. The maximum absolute atomic E-state index is 12.5. The molecule has 1 saturated heterocycles. The Bertz CT molecular complexity index is 732. The molecule has 11 heteroatoms. The van der Waals surface area contributed by atoms with Gasteiger partial charge in [-0.05, 0) is 27.7 Å². The van der Waals surface area contributed by atoms with Crippen LogP contribution in [0.3, 0.4) is 0 Å². The fraction of sp³-hybridized carbons (Fsp3) is 0.778. The number of aryl methyl sites for hydroxylation is 1. The Hall–Kier alpha value is -0.500. The summed E-state index contributed by atoms with van der Waals surface area (Å²) >= 11 is 1.70. The number of hydrogen-bond donors (Lipinski definition) is 1. The Kier molecular flexibility index (Phi) is 11.9. The van der Waals surface area contributed by atoms with Crippen LogP contribution in [0.4, 0.5) is 0 Å². The van der Waals surface area contributed by atoms with Crippen molar-refractivity contribution in [2.24, 2.45) is 4.99 Å². The van der Waals surface area contributed by atoms with E-state index in [0.717, 1.165) is 23.9 Å². The summed E-state index contributed by atoms with van der Waals surface area (Å²) in [5.41, 5.74) is 0. The Morgan fingerprint density at radius 2 is 2.03 bits per heavy atom. The average molecular weight is 560 g/mol. The number of hydrogen-bond acceptors (Lipinski definition) is 6. The molecular formula is C18H34IN5O3S2. The number of aliphatic imine (C=N–C) groups is 1. The van der Waals surface area contributed by atoms with Gasteiger partial charge in [0.1, 0.15) is 0 Å². The number of guanidine groups is 1. The highest BCUT2D eigenvalue weighted by Gasteiger charge is 2.28. The summed E-state index contributed by atoms with van der Waals surface area (Å²) in [7, 11) is -3.28. The molecule has 1 aliphatic heterocycles. The molecule has 8 nitrogen and oxygen atoms in total. The molecule has 0 bridgehead atoms. The van der Waals surface area contributed by atoms with Crippen molar-refractivity contribution >= 4 is 51.3 Å². The number of thiazole rings is 1. The molecule has 1 fully saturated rings. The lowest BCUT2D eigenvalue weighted by atomic mass is 10.4. The number of halogens is 1. The van der Waals surface area contributed by atoms with Crippen molar-refractivity contribution in [2.45, 2.75) is 40.2 Å². The first kappa shape index (κ1) is 26.5. The smallest absolute Gasteiger partial charge is 0.216 e. The highest BCUT2D eigenvalue weighted by Crippen LogP contribution is 2.12. The monoisotopic (exact) mass is 559 g/mol. The van der Waals surface area contributed by atoms with Crippen LogP contribution in [0.1, 0.15) is 30.7 Å². The van der Waals surface area contributed by atoms with E-state index in [-0.39, 0.29) is 42.4 Å². The standard InChI is InChI=1S/C18H33N5O3S2.HI/c1-5-19-18(20-7-6-17-21-14-16(4)27-17)22-8-10-23(11-9-22)28(24,25)13-12-26-15(2)3;/h14-15H,5-13H2,1-4H3,(H,19,20);1H. The van der Waals surface area contributed by atoms with Gasteiger partial charge in [0, 0.05) is 56.8 Å². The summed E-state index contributed by atoms with van der Waals surface area (Å²) in [6, 6.07) is 0. The van der Waals surface area contributed by atoms with Crippen LogP contribution >= 0.6 is 35.3 Å². The zero-order valence-corrected chi connectivity index (χ0v) is 21.7. The predicted molar refractivity (Wildman–Crippen MR) is 130 cm³/mol. The van der Waals surface area contributed by atoms with Gasteiger partial charge in [-0.1, -0.05) is 0 Å². The van der Waals surface area contributed by atoms with Crippen molar-refractivity contribution in [1.82, 2.24) is 19.5 Å². The molecule has 2 heterocycles. The van der Waals surface area contributed by atoms with Crippen molar-refractivity contribution in [3.63, 3.8) is 0 Å². The van der Waals surface area contributed by atoms with Crippen molar-refractivity contribution in [3.05, 3.63) is 16.1 Å². The maximum atomic E-state index is 12.5. The van der Waals surface area contributed by atoms with Crippen LogP contribution in [0, 0.1) is 6.92 Å². The molecule has 1 aromatic rings. The first-order valence-electron chi connectivity index (χ1n) is 9.85. The van der Waals surface area contributed by atoms with Crippen LogP contribution in [-0.4, -0.2) is 86.3 Å². The van der Waals surface area contributed by atoms with Gasteiger partial charge in [-0.3, -0.25) is 4.99 Å². The van der Waals surface area contributed by atoms with Gasteiger partial charge in [-0.15, -0.1) is 35.3 Å². The second kappa shape index (κ2) is 13.0. The van der Waals surface area contributed by atoms with Crippen LogP contribution in [0.15, 0.2) is 11.2 Å². The topological polar surface area (TPSA) is 87.1 Å². The molecule has 1 aromatic heterocycles. The molecule has 1 N–H and O–H groups in total. The first-order valence-corrected chi connectivity index (χ1v) is 12.3. The largest absolute Gasteiger partial charge is 0.378 e. The lowest BCUT2D eigenvalue weighted by Crippen LogP contribution is -2.54. The third-order valence-corrected chi connectivity index (χ3v) is 7.12. The van der Waals surface area contributed by atoms with Gasteiger partial charge < -0.3 is 15.0 Å². The van der Waals surface area contributed by atoms with Crippen LogP contribution < -0.4 is 5.32 Å². The quantitative estimate of drug-likeness (QED) is 0.283.